The molecule has 0 rings (SSSR count). The van der Waals surface area contributed by atoms with Gasteiger partial charge in [0.1, 0.15) is 0 Å². The predicted molar refractivity (Wildman–Crippen MR) is 50.7 cm³/mol. The van der Waals surface area contributed by atoms with Crippen molar-refractivity contribution in [2.75, 3.05) is 13.2 Å². The van der Waals surface area contributed by atoms with E-state index in [1.54, 1.807) is 0 Å². The summed E-state index contributed by atoms with van der Waals surface area (Å²) in [6.07, 6.45) is -9.47. The molecule has 17 heavy (non-hydrogen) atoms. The van der Waals surface area contributed by atoms with E-state index in [4.69, 9.17) is 8.85 Å². The van der Waals surface area contributed by atoms with Crippen LogP contribution in [0.3, 0.4) is 0 Å². The summed E-state index contributed by atoms with van der Waals surface area (Å²) in [5, 5.41) is 0. The van der Waals surface area contributed by atoms with E-state index in [1.165, 1.54) is 13.8 Å². The van der Waals surface area contributed by atoms with Crippen LogP contribution >= 0.6 is 0 Å². The molecular formula is C8H14F6O2Si. The fourth-order valence-corrected chi connectivity index (χ4v) is 4.34. The van der Waals surface area contributed by atoms with E-state index < -0.39 is 33.0 Å². The van der Waals surface area contributed by atoms with Crippen LogP contribution in [0.25, 0.3) is 0 Å². The van der Waals surface area contributed by atoms with Gasteiger partial charge in [-0.15, -0.1) is 0 Å². The van der Waals surface area contributed by atoms with Crippen molar-refractivity contribution >= 4 is 8.56 Å². The Balaban J connectivity index is 4.97. The topological polar surface area (TPSA) is 18.5 Å². The van der Waals surface area contributed by atoms with E-state index in [0.29, 0.717) is 0 Å². The Morgan fingerprint density at radius 1 is 0.765 bits per heavy atom. The number of hydrogen-bond donors (Lipinski definition) is 0. The lowest BCUT2D eigenvalue weighted by molar-refractivity contribution is -0.129. The van der Waals surface area contributed by atoms with Crippen molar-refractivity contribution in [3.05, 3.63) is 0 Å². The second-order valence-corrected chi connectivity index (χ2v) is 6.47. The van der Waals surface area contributed by atoms with Crippen LogP contribution in [0.1, 0.15) is 13.8 Å². The molecule has 0 aromatic rings. The average molecular weight is 284 g/mol. The number of halogens is 6. The predicted octanol–water partition coefficient (Wildman–Crippen LogP) is 3.63. The molecule has 0 spiro atoms. The third kappa shape index (κ3) is 7.61. The Kier molecular flexibility index (Phi) is 5.95. The summed E-state index contributed by atoms with van der Waals surface area (Å²) in [4.78, 5) is 0. The summed E-state index contributed by atoms with van der Waals surface area (Å²) < 4.78 is 83.1. The van der Waals surface area contributed by atoms with E-state index in [0.717, 1.165) is 0 Å². The van der Waals surface area contributed by atoms with E-state index in [9.17, 15) is 26.3 Å². The summed E-state index contributed by atoms with van der Waals surface area (Å²) in [5.74, 6) is 0. The molecule has 0 saturated carbocycles. The third-order valence-corrected chi connectivity index (χ3v) is 5.26. The molecular weight excluding hydrogens is 270 g/mol. The highest BCUT2D eigenvalue weighted by Gasteiger charge is 2.54. The van der Waals surface area contributed by atoms with Crippen molar-refractivity contribution < 1.29 is 35.2 Å². The van der Waals surface area contributed by atoms with E-state index in [-0.39, 0.29) is 13.2 Å². The van der Waals surface area contributed by atoms with Gasteiger partial charge in [-0.05, 0) is 13.8 Å². The van der Waals surface area contributed by atoms with Gasteiger partial charge >= 0.3 is 20.9 Å². The number of rotatable bonds is 6. The largest absolute Gasteiger partial charge is 0.394 e. The molecule has 0 aromatic heterocycles. The van der Waals surface area contributed by atoms with Crippen molar-refractivity contribution in [3.8, 4) is 0 Å². The molecule has 0 fully saturated rings. The number of hydrogen-bond acceptors (Lipinski definition) is 2. The first-order valence-corrected chi connectivity index (χ1v) is 7.18. The zero-order valence-electron chi connectivity index (χ0n) is 9.41. The molecule has 0 unspecified atom stereocenters. The lowest BCUT2D eigenvalue weighted by Crippen LogP contribution is -2.49. The molecule has 0 amide bonds. The maximum Gasteiger partial charge on any atom is 0.391 e. The highest BCUT2D eigenvalue weighted by Crippen LogP contribution is 2.37. The molecule has 0 N–H and O–H groups in total. The fourth-order valence-electron chi connectivity index (χ4n) is 1.45. The van der Waals surface area contributed by atoms with Crippen LogP contribution in [0.15, 0.2) is 0 Å². The smallest absolute Gasteiger partial charge is 0.391 e. The summed E-state index contributed by atoms with van der Waals surface area (Å²) in [7, 11) is -4.32. The van der Waals surface area contributed by atoms with Crippen molar-refractivity contribution in [1.29, 1.82) is 0 Å². The van der Waals surface area contributed by atoms with Crippen LogP contribution in [0.2, 0.25) is 12.1 Å². The quantitative estimate of drug-likeness (QED) is 0.548. The van der Waals surface area contributed by atoms with Gasteiger partial charge in [0.25, 0.3) is 0 Å². The van der Waals surface area contributed by atoms with Gasteiger partial charge < -0.3 is 8.85 Å². The summed E-state index contributed by atoms with van der Waals surface area (Å²) in [6.45, 7) is 2.21. The van der Waals surface area contributed by atoms with Crippen molar-refractivity contribution in [3.63, 3.8) is 0 Å². The normalized spacial score (nSPS) is 14.1. The highest BCUT2D eigenvalue weighted by atomic mass is 28.4. The van der Waals surface area contributed by atoms with Crippen molar-refractivity contribution in [2.24, 2.45) is 0 Å². The van der Waals surface area contributed by atoms with Gasteiger partial charge in [0.05, 0.1) is 12.1 Å². The van der Waals surface area contributed by atoms with Gasteiger partial charge in [-0.1, -0.05) is 0 Å². The Hall–Kier alpha value is -0.283. The minimum Gasteiger partial charge on any atom is -0.394 e. The zero-order valence-corrected chi connectivity index (χ0v) is 10.4. The van der Waals surface area contributed by atoms with Gasteiger partial charge in [0, 0.05) is 13.2 Å². The monoisotopic (exact) mass is 284 g/mol. The average Bonchev–Trinajstić information content (AvgIpc) is 1.96. The van der Waals surface area contributed by atoms with Gasteiger partial charge in [0.2, 0.25) is 0 Å². The first-order valence-electron chi connectivity index (χ1n) is 4.95. The Labute approximate surface area is 96.1 Å². The number of alkyl halides is 6. The molecule has 0 atom stereocenters. The SMILES string of the molecule is CCO[Si](CC(F)(F)F)(CC(F)(F)F)OCC. The minimum absolute atomic E-state index is 0.238. The Morgan fingerprint density at radius 3 is 1.24 bits per heavy atom. The van der Waals surface area contributed by atoms with E-state index in [1.807, 2.05) is 0 Å². The Morgan fingerprint density at radius 2 is 1.06 bits per heavy atom. The second-order valence-electron chi connectivity index (χ2n) is 3.36. The fraction of sp³-hybridized carbons (Fsp3) is 1.00. The van der Waals surface area contributed by atoms with Gasteiger partial charge in [-0.25, -0.2) is 0 Å². The molecule has 0 saturated heterocycles. The zero-order chi connectivity index (χ0) is 13.7. The maximum absolute atomic E-state index is 12.3. The van der Waals surface area contributed by atoms with Gasteiger partial charge in [-0.3, -0.25) is 0 Å². The lowest BCUT2D eigenvalue weighted by Gasteiger charge is -2.31. The maximum atomic E-state index is 12.3. The van der Waals surface area contributed by atoms with E-state index in [2.05, 4.69) is 0 Å². The van der Waals surface area contributed by atoms with E-state index >= 15 is 0 Å². The molecule has 0 aromatic carbocycles. The van der Waals surface area contributed by atoms with Crippen molar-refractivity contribution in [2.45, 2.75) is 38.3 Å². The van der Waals surface area contributed by atoms with Gasteiger partial charge in [0.15, 0.2) is 0 Å². The third-order valence-electron chi connectivity index (χ3n) is 1.75. The van der Waals surface area contributed by atoms with Crippen LogP contribution in [0, 0.1) is 0 Å². The molecule has 2 nitrogen and oxygen atoms in total. The van der Waals surface area contributed by atoms with Gasteiger partial charge in [-0.2, -0.15) is 26.3 Å². The summed E-state index contributed by atoms with van der Waals surface area (Å²) in [6, 6.07) is -3.30. The summed E-state index contributed by atoms with van der Waals surface area (Å²) in [5.41, 5.74) is 0. The first kappa shape index (κ1) is 16.7. The highest BCUT2D eigenvalue weighted by molar-refractivity contribution is 6.67. The Bertz CT molecular complexity index is 203. The lowest BCUT2D eigenvalue weighted by atomic mass is 10.8. The molecule has 0 aliphatic rings. The molecule has 0 aliphatic heterocycles. The molecule has 9 heteroatoms. The molecule has 0 radical (unpaired) electrons. The summed E-state index contributed by atoms with van der Waals surface area (Å²) >= 11 is 0. The molecule has 104 valence electrons. The van der Waals surface area contributed by atoms with Crippen LogP contribution in [0.4, 0.5) is 26.3 Å². The van der Waals surface area contributed by atoms with Crippen molar-refractivity contribution in [1.82, 2.24) is 0 Å². The molecule has 0 aliphatic carbocycles. The van der Waals surface area contributed by atoms with Crippen LogP contribution in [-0.2, 0) is 8.85 Å². The standard InChI is InChI=1S/C8H14F6O2Si/c1-3-15-17(16-4-2,5-7(9,10)11)6-8(12,13)14/h3-6H2,1-2H3. The molecule has 0 bridgehead atoms. The minimum atomic E-state index is -4.73. The van der Waals surface area contributed by atoms with Crippen LogP contribution < -0.4 is 0 Å². The van der Waals surface area contributed by atoms with Crippen LogP contribution in [-0.4, -0.2) is 34.1 Å². The molecule has 0 heterocycles. The second kappa shape index (κ2) is 6.05. The van der Waals surface area contributed by atoms with Crippen LogP contribution in [0.5, 0.6) is 0 Å². The first-order chi connectivity index (χ1) is 7.54.